The predicted molar refractivity (Wildman–Crippen MR) is 112 cm³/mol. The summed E-state index contributed by atoms with van der Waals surface area (Å²) in [7, 11) is 0. The molecule has 0 bridgehead atoms. The van der Waals surface area contributed by atoms with E-state index in [1.54, 1.807) is 0 Å². The summed E-state index contributed by atoms with van der Waals surface area (Å²) in [6, 6.07) is 3.80. The summed E-state index contributed by atoms with van der Waals surface area (Å²) in [6.07, 6.45) is 3.19. The van der Waals surface area contributed by atoms with Gasteiger partial charge < -0.3 is 10.1 Å². The first kappa shape index (κ1) is 21.3. The smallest absolute Gasteiger partial charge is 0.341 e. The Morgan fingerprint density at radius 1 is 1.41 bits per heavy atom. The van der Waals surface area contributed by atoms with Gasteiger partial charge in [-0.25, -0.2) is 4.79 Å². The average molecular weight is 437 g/mol. The Balaban J connectivity index is 1.99. The molecule has 9 heteroatoms. The molecule has 1 aromatic carbocycles. The van der Waals surface area contributed by atoms with Crippen molar-refractivity contribution in [2.24, 2.45) is 5.92 Å². The third-order valence-electron chi connectivity index (χ3n) is 4.78. The maximum atomic E-state index is 12.8. The van der Waals surface area contributed by atoms with Crippen LogP contribution in [0.15, 0.2) is 18.2 Å². The van der Waals surface area contributed by atoms with E-state index >= 15 is 0 Å². The number of halogens is 1. The van der Waals surface area contributed by atoms with Gasteiger partial charge in [0.05, 0.1) is 17.1 Å². The standard InChI is InChI=1S/C20H21ClN2O5S/c1-3-8-28-20(25)17-13-6-4-11(2)9-16(13)29-19(17)22-18(24)14-10-12(21)5-7-15(14)23(26)27/h5,7,10-11H,3-4,6,8-9H2,1-2H3,(H,22,24)/t11-/m1/s1. The maximum Gasteiger partial charge on any atom is 0.341 e. The number of fused-ring (bicyclic) bond motifs is 1. The number of nitrogens with zero attached hydrogens (tertiary/aromatic N) is 1. The van der Waals surface area contributed by atoms with E-state index in [9.17, 15) is 19.7 Å². The molecule has 0 spiro atoms. The Kier molecular flexibility index (Phi) is 6.54. The number of rotatable bonds is 6. The van der Waals surface area contributed by atoms with Gasteiger partial charge in [-0.05, 0) is 49.3 Å². The van der Waals surface area contributed by atoms with Crippen LogP contribution in [0.5, 0.6) is 0 Å². The SMILES string of the molecule is CCCOC(=O)c1c(NC(=O)c2cc(Cl)ccc2[N+](=O)[O-])sc2c1CC[C@@H](C)C2. The van der Waals surface area contributed by atoms with E-state index in [4.69, 9.17) is 16.3 Å². The average Bonchev–Trinajstić information content (AvgIpc) is 3.02. The van der Waals surface area contributed by atoms with Crippen LogP contribution in [0.4, 0.5) is 10.7 Å². The van der Waals surface area contributed by atoms with Crippen molar-refractivity contribution in [1.82, 2.24) is 0 Å². The predicted octanol–water partition coefficient (Wildman–Crippen LogP) is 5.25. The van der Waals surface area contributed by atoms with Crippen molar-refractivity contribution in [3.8, 4) is 0 Å². The monoisotopic (exact) mass is 436 g/mol. The molecule has 7 nitrogen and oxygen atoms in total. The fourth-order valence-electron chi connectivity index (χ4n) is 3.34. The third kappa shape index (κ3) is 4.59. The molecule has 1 aromatic heterocycles. The molecule has 0 saturated heterocycles. The number of nitro groups is 1. The highest BCUT2D eigenvalue weighted by Crippen LogP contribution is 2.40. The molecule has 1 atom stereocenters. The molecule has 0 radical (unpaired) electrons. The lowest BCUT2D eigenvalue weighted by atomic mass is 9.88. The summed E-state index contributed by atoms with van der Waals surface area (Å²) in [5, 5.41) is 14.6. The first-order valence-electron chi connectivity index (χ1n) is 9.38. The number of ether oxygens (including phenoxy) is 1. The van der Waals surface area contributed by atoms with Gasteiger partial charge in [-0.1, -0.05) is 25.4 Å². The van der Waals surface area contributed by atoms with Crippen molar-refractivity contribution in [2.45, 2.75) is 39.5 Å². The van der Waals surface area contributed by atoms with Crippen molar-refractivity contribution in [3.63, 3.8) is 0 Å². The highest BCUT2D eigenvalue weighted by molar-refractivity contribution is 7.17. The molecule has 29 heavy (non-hydrogen) atoms. The van der Waals surface area contributed by atoms with Crippen LogP contribution >= 0.6 is 22.9 Å². The van der Waals surface area contributed by atoms with E-state index in [0.717, 1.165) is 29.7 Å². The number of carbonyl (C=O) groups is 2. The number of nitro benzene ring substituents is 1. The number of esters is 1. The molecule has 1 aliphatic carbocycles. The van der Waals surface area contributed by atoms with E-state index in [1.807, 2.05) is 6.92 Å². The van der Waals surface area contributed by atoms with E-state index in [-0.39, 0.29) is 22.9 Å². The Hall–Kier alpha value is -2.45. The number of benzene rings is 1. The van der Waals surface area contributed by atoms with Gasteiger partial charge in [-0.3, -0.25) is 14.9 Å². The van der Waals surface area contributed by atoms with Crippen molar-refractivity contribution in [2.75, 3.05) is 11.9 Å². The van der Waals surface area contributed by atoms with Crippen molar-refractivity contribution < 1.29 is 19.2 Å². The molecule has 0 unspecified atom stereocenters. The molecule has 154 valence electrons. The molecule has 2 aromatic rings. The van der Waals surface area contributed by atoms with Gasteiger partial charge in [0, 0.05) is 16.0 Å². The summed E-state index contributed by atoms with van der Waals surface area (Å²) >= 11 is 7.27. The Morgan fingerprint density at radius 2 is 2.17 bits per heavy atom. The van der Waals surface area contributed by atoms with Crippen LogP contribution < -0.4 is 5.32 Å². The fraction of sp³-hybridized carbons (Fsp3) is 0.400. The van der Waals surface area contributed by atoms with Crippen LogP contribution in [-0.2, 0) is 17.6 Å². The number of nitrogens with one attached hydrogen (secondary N) is 1. The van der Waals surface area contributed by atoms with Crippen LogP contribution in [-0.4, -0.2) is 23.4 Å². The Labute approximate surface area is 177 Å². The van der Waals surface area contributed by atoms with Crippen LogP contribution in [0.3, 0.4) is 0 Å². The van der Waals surface area contributed by atoms with E-state index in [0.29, 0.717) is 22.9 Å². The van der Waals surface area contributed by atoms with Crippen LogP contribution in [0.25, 0.3) is 0 Å². The number of hydrogen-bond acceptors (Lipinski definition) is 6. The minimum Gasteiger partial charge on any atom is -0.462 e. The topological polar surface area (TPSA) is 98.5 Å². The van der Waals surface area contributed by atoms with Gasteiger partial charge in [-0.2, -0.15) is 0 Å². The zero-order valence-electron chi connectivity index (χ0n) is 16.1. The molecule has 0 fully saturated rings. The van der Waals surface area contributed by atoms with Gasteiger partial charge >= 0.3 is 5.97 Å². The van der Waals surface area contributed by atoms with Gasteiger partial charge in [-0.15, -0.1) is 11.3 Å². The van der Waals surface area contributed by atoms with Gasteiger partial charge in [0.2, 0.25) is 0 Å². The minimum atomic E-state index is -0.685. The quantitative estimate of drug-likeness (QED) is 0.378. The summed E-state index contributed by atoms with van der Waals surface area (Å²) in [5.41, 5.74) is 0.764. The van der Waals surface area contributed by atoms with E-state index in [1.165, 1.54) is 29.5 Å². The third-order valence-corrected chi connectivity index (χ3v) is 6.18. The second kappa shape index (κ2) is 8.92. The Morgan fingerprint density at radius 3 is 2.86 bits per heavy atom. The van der Waals surface area contributed by atoms with Gasteiger partial charge in [0.25, 0.3) is 11.6 Å². The molecular weight excluding hydrogens is 416 g/mol. The van der Waals surface area contributed by atoms with E-state index in [2.05, 4.69) is 12.2 Å². The second-order valence-corrected chi connectivity index (χ2v) is 8.61. The Bertz CT molecular complexity index is 972. The lowest BCUT2D eigenvalue weighted by Crippen LogP contribution is -2.17. The molecule has 1 heterocycles. The molecule has 1 aliphatic rings. The van der Waals surface area contributed by atoms with Crippen molar-refractivity contribution >= 4 is 45.5 Å². The van der Waals surface area contributed by atoms with Crippen LogP contribution in [0.1, 0.15) is 57.8 Å². The summed E-state index contributed by atoms with van der Waals surface area (Å²) < 4.78 is 5.32. The summed E-state index contributed by atoms with van der Waals surface area (Å²) in [5.74, 6) is -0.677. The molecule has 3 rings (SSSR count). The highest BCUT2D eigenvalue weighted by Gasteiger charge is 2.30. The van der Waals surface area contributed by atoms with Crippen molar-refractivity contribution in [3.05, 3.63) is 54.9 Å². The van der Waals surface area contributed by atoms with Gasteiger partial charge in [0.15, 0.2) is 0 Å². The highest BCUT2D eigenvalue weighted by atomic mass is 35.5. The van der Waals surface area contributed by atoms with Crippen molar-refractivity contribution in [1.29, 1.82) is 0 Å². The second-order valence-electron chi connectivity index (χ2n) is 7.06. The molecule has 0 aliphatic heterocycles. The zero-order chi connectivity index (χ0) is 21.1. The normalized spacial score (nSPS) is 15.5. The largest absolute Gasteiger partial charge is 0.462 e. The fourth-order valence-corrected chi connectivity index (χ4v) is 4.91. The zero-order valence-corrected chi connectivity index (χ0v) is 17.7. The maximum absolute atomic E-state index is 12.8. The lowest BCUT2D eigenvalue weighted by Gasteiger charge is -2.18. The number of anilines is 1. The molecule has 1 amide bonds. The number of thiophene rings is 1. The molecule has 0 saturated carbocycles. The number of hydrogen-bond donors (Lipinski definition) is 1. The van der Waals surface area contributed by atoms with Crippen LogP contribution in [0.2, 0.25) is 5.02 Å². The lowest BCUT2D eigenvalue weighted by molar-refractivity contribution is -0.385. The summed E-state index contributed by atoms with van der Waals surface area (Å²) in [4.78, 5) is 37.2. The van der Waals surface area contributed by atoms with Crippen LogP contribution in [0, 0.1) is 16.0 Å². The summed E-state index contributed by atoms with van der Waals surface area (Å²) in [6.45, 7) is 4.33. The molecule has 1 N–H and O–H groups in total. The molecular formula is C20H21ClN2O5S. The first-order valence-corrected chi connectivity index (χ1v) is 10.6. The van der Waals surface area contributed by atoms with E-state index < -0.39 is 16.8 Å². The number of amides is 1. The number of carbonyl (C=O) groups excluding carboxylic acids is 2. The first-order chi connectivity index (χ1) is 13.8. The minimum absolute atomic E-state index is 0.157. The van der Waals surface area contributed by atoms with Gasteiger partial charge in [0.1, 0.15) is 10.6 Å².